The molecule has 8 heteroatoms. The number of rotatable bonds is 6. The number of carbonyl (C=O) groups excluding carboxylic acids is 1. The number of anilines is 1. The van der Waals surface area contributed by atoms with Crippen LogP contribution < -0.4 is 10.2 Å². The number of aliphatic hydroxyl groups is 1. The van der Waals surface area contributed by atoms with E-state index in [2.05, 4.69) is 25.2 Å². The van der Waals surface area contributed by atoms with Gasteiger partial charge in [-0.3, -0.25) is 4.79 Å². The van der Waals surface area contributed by atoms with E-state index in [0.29, 0.717) is 18.9 Å². The molecular formula is C22H25N5O3. The minimum atomic E-state index is -0.789. The SMILES string of the molecule is CC(NC(=O)c1cc(-c2cc(N3CCOCC3)ncn2)c[nH]1)C(O)c1ccccc1. The van der Waals surface area contributed by atoms with Crippen molar-refractivity contribution < 1.29 is 14.6 Å². The summed E-state index contributed by atoms with van der Waals surface area (Å²) in [5.74, 6) is 0.557. The molecule has 2 unspecified atom stereocenters. The summed E-state index contributed by atoms with van der Waals surface area (Å²) in [4.78, 5) is 26.5. The number of morpholine rings is 1. The number of ether oxygens (including phenoxy) is 1. The number of benzene rings is 1. The highest BCUT2D eigenvalue weighted by atomic mass is 16.5. The monoisotopic (exact) mass is 407 g/mol. The molecule has 1 saturated heterocycles. The van der Waals surface area contributed by atoms with Crippen molar-refractivity contribution >= 4 is 11.7 Å². The summed E-state index contributed by atoms with van der Waals surface area (Å²) < 4.78 is 5.39. The maximum Gasteiger partial charge on any atom is 0.268 e. The van der Waals surface area contributed by atoms with Crippen LogP contribution in [0.1, 0.15) is 29.1 Å². The third kappa shape index (κ3) is 4.50. The second kappa shape index (κ2) is 9.06. The highest BCUT2D eigenvalue weighted by molar-refractivity contribution is 5.94. The number of H-pyrrole nitrogens is 1. The Balaban J connectivity index is 1.44. The van der Waals surface area contributed by atoms with E-state index in [1.807, 2.05) is 36.4 Å². The topological polar surface area (TPSA) is 103 Å². The number of nitrogens with one attached hydrogen (secondary N) is 2. The first-order valence-electron chi connectivity index (χ1n) is 9.99. The molecule has 2 atom stereocenters. The van der Waals surface area contributed by atoms with E-state index in [1.165, 1.54) is 6.33 Å². The van der Waals surface area contributed by atoms with Gasteiger partial charge < -0.3 is 25.0 Å². The average Bonchev–Trinajstić information content (AvgIpc) is 3.30. The second-order valence-electron chi connectivity index (χ2n) is 7.28. The second-order valence-corrected chi connectivity index (χ2v) is 7.28. The van der Waals surface area contributed by atoms with Crippen molar-refractivity contribution in [1.29, 1.82) is 0 Å². The van der Waals surface area contributed by atoms with Crippen molar-refractivity contribution in [1.82, 2.24) is 20.3 Å². The third-order valence-corrected chi connectivity index (χ3v) is 5.18. The summed E-state index contributed by atoms with van der Waals surface area (Å²) in [6, 6.07) is 12.5. The number of hydrogen-bond donors (Lipinski definition) is 3. The summed E-state index contributed by atoms with van der Waals surface area (Å²) in [5, 5.41) is 13.3. The molecule has 0 bridgehead atoms. The first-order chi connectivity index (χ1) is 14.6. The average molecular weight is 407 g/mol. The molecule has 30 heavy (non-hydrogen) atoms. The number of aromatic amines is 1. The Kier molecular flexibility index (Phi) is 6.06. The molecule has 0 radical (unpaired) electrons. The predicted octanol–water partition coefficient (Wildman–Crippen LogP) is 2.16. The van der Waals surface area contributed by atoms with Gasteiger partial charge in [0.15, 0.2) is 0 Å². The lowest BCUT2D eigenvalue weighted by Crippen LogP contribution is -2.37. The molecule has 3 aromatic rings. The van der Waals surface area contributed by atoms with E-state index in [0.717, 1.165) is 35.7 Å². The number of aromatic nitrogens is 3. The lowest BCUT2D eigenvalue weighted by molar-refractivity contribution is 0.0848. The van der Waals surface area contributed by atoms with Crippen LogP contribution in [0.2, 0.25) is 0 Å². The lowest BCUT2D eigenvalue weighted by atomic mass is 10.0. The van der Waals surface area contributed by atoms with Gasteiger partial charge in [0.1, 0.15) is 17.8 Å². The van der Waals surface area contributed by atoms with Crippen LogP contribution in [0.25, 0.3) is 11.3 Å². The van der Waals surface area contributed by atoms with Gasteiger partial charge in [-0.05, 0) is 18.6 Å². The van der Waals surface area contributed by atoms with E-state index in [9.17, 15) is 9.90 Å². The molecule has 8 nitrogen and oxygen atoms in total. The molecule has 156 valence electrons. The zero-order valence-electron chi connectivity index (χ0n) is 16.8. The smallest absolute Gasteiger partial charge is 0.268 e. The molecule has 1 aliphatic rings. The molecule has 3 N–H and O–H groups in total. The van der Waals surface area contributed by atoms with E-state index in [1.54, 1.807) is 19.2 Å². The molecule has 0 aliphatic carbocycles. The van der Waals surface area contributed by atoms with E-state index in [4.69, 9.17) is 4.74 Å². The minimum absolute atomic E-state index is 0.286. The molecule has 3 heterocycles. The van der Waals surface area contributed by atoms with Gasteiger partial charge in [0, 0.05) is 30.9 Å². The molecule has 1 amide bonds. The van der Waals surface area contributed by atoms with Crippen molar-refractivity contribution in [2.24, 2.45) is 0 Å². The number of hydrogen-bond acceptors (Lipinski definition) is 6. The molecule has 1 aromatic carbocycles. The summed E-state index contributed by atoms with van der Waals surface area (Å²) >= 11 is 0. The van der Waals surface area contributed by atoms with Crippen molar-refractivity contribution in [3.63, 3.8) is 0 Å². The van der Waals surface area contributed by atoms with Gasteiger partial charge >= 0.3 is 0 Å². The van der Waals surface area contributed by atoms with Crippen LogP contribution in [0.4, 0.5) is 5.82 Å². The fourth-order valence-electron chi connectivity index (χ4n) is 3.45. The normalized spacial score (nSPS) is 16.1. The molecule has 1 fully saturated rings. The van der Waals surface area contributed by atoms with Gasteiger partial charge in [0.05, 0.1) is 31.1 Å². The Morgan fingerprint density at radius 3 is 2.73 bits per heavy atom. The highest BCUT2D eigenvalue weighted by Crippen LogP contribution is 2.23. The van der Waals surface area contributed by atoms with Crippen LogP contribution in [-0.2, 0) is 4.74 Å². The third-order valence-electron chi connectivity index (χ3n) is 5.18. The molecule has 4 rings (SSSR count). The largest absolute Gasteiger partial charge is 0.386 e. The van der Waals surface area contributed by atoms with Gasteiger partial charge in [-0.1, -0.05) is 30.3 Å². The molecule has 0 spiro atoms. The Morgan fingerprint density at radius 2 is 1.97 bits per heavy atom. The molecule has 0 saturated carbocycles. The van der Waals surface area contributed by atoms with Gasteiger partial charge in [-0.25, -0.2) is 9.97 Å². The minimum Gasteiger partial charge on any atom is -0.386 e. The van der Waals surface area contributed by atoms with Crippen LogP contribution in [-0.4, -0.2) is 58.3 Å². The highest BCUT2D eigenvalue weighted by Gasteiger charge is 2.20. The zero-order valence-corrected chi connectivity index (χ0v) is 16.8. The number of nitrogens with zero attached hydrogens (tertiary/aromatic N) is 3. The summed E-state index contributed by atoms with van der Waals surface area (Å²) in [5.41, 5.74) is 2.70. The molecule has 2 aromatic heterocycles. The van der Waals surface area contributed by atoms with Crippen LogP contribution in [0, 0.1) is 0 Å². The maximum absolute atomic E-state index is 12.6. The van der Waals surface area contributed by atoms with Gasteiger partial charge in [0.25, 0.3) is 5.91 Å². The standard InChI is InChI=1S/C22H25N5O3/c1-15(21(28)16-5-3-2-4-6-16)26-22(29)19-11-17(13-23-19)18-12-20(25-14-24-18)27-7-9-30-10-8-27/h2-6,11-15,21,23,28H,7-10H2,1H3,(H,26,29). The van der Waals surface area contributed by atoms with Crippen LogP contribution in [0.5, 0.6) is 0 Å². The number of carbonyl (C=O) groups is 1. The van der Waals surface area contributed by atoms with Crippen LogP contribution in [0.3, 0.4) is 0 Å². The Morgan fingerprint density at radius 1 is 1.20 bits per heavy atom. The van der Waals surface area contributed by atoms with Gasteiger partial charge in [0.2, 0.25) is 0 Å². The number of amides is 1. The fourth-order valence-corrected chi connectivity index (χ4v) is 3.45. The van der Waals surface area contributed by atoms with Crippen LogP contribution >= 0.6 is 0 Å². The van der Waals surface area contributed by atoms with Crippen LogP contribution in [0.15, 0.2) is 55.0 Å². The van der Waals surface area contributed by atoms with E-state index < -0.39 is 12.1 Å². The van der Waals surface area contributed by atoms with Crippen molar-refractivity contribution in [2.75, 3.05) is 31.2 Å². The summed E-state index contributed by atoms with van der Waals surface area (Å²) in [7, 11) is 0. The first-order valence-corrected chi connectivity index (χ1v) is 9.99. The van der Waals surface area contributed by atoms with Gasteiger partial charge in [-0.2, -0.15) is 0 Å². The maximum atomic E-state index is 12.6. The van der Waals surface area contributed by atoms with Crippen molar-refractivity contribution in [3.05, 3.63) is 66.2 Å². The first kappa shape index (κ1) is 20.1. The lowest BCUT2D eigenvalue weighted by Gasteiger charge is -2.27. The Hall–Kier alpha value is -3.23. The zero-order chi connectivity index (χ0) is 20.9. The predicted molar refractivity (Wildman–Crippen MR) is 113 cm³/mol. The Bertz CT molecular complexity index is 985. The number of aliphatic hydroxyl groups excluding tert-OH is 1. The molecular weight excluding hydrogens is 382 g/mol. The van der Waals surface area contributed by atoms with Crippen molar-refractivity contribution in [3.8, 4) is 11.3 Å². The van der Waals surface area contributed by atoms with Crippen molar-refractivity contribution in [2.45, 2.75) is 19.1 Å². The van der Waals surface area contributed by atoms with Gasteiger partial charge in [-0.15, -0.1) is 0 Å². The summed E-state index contributed by atoms with van der Waals surface area (Å²) in [6.45, 7) is 4.72. The molecule has 1 aliphatic heterocycles. The Labute approximate surface area is 174 Å². The quantitative estimate of drug-likeness (QED) is 0.579. The fraction of sp³-hybridized carbons (Fsp3) is 0.318. The summed E-state index contributed by atoms with van der Waals surface area (Å²) in [6.07, 6.45) is 2.49. The van der Waals surface area contributed by atoms with E-state index >= 15 is 0 Å². The van der Waals surface area contributed by atoms with E-state index in [-0.39, 0.29) is 5.91 Å².